The van der Waals surface area contributed by atoms with Gasteiger partial charge >= 0.3 is 6.03 Å². The van der Waals surface area contributed by atoms with Crippen LogP contribution < -0.4 is 5.32 Å². The lowest BCUT2D eigenvalue weighted by molar-refractivity contribution is 0.132. The van der Waals surface area contributed by atoms with Crippen LogP contribution in [-0.4, -0.2) is 57.8 Å². The van der Waals surface area contributed by atoms with Crippen LogP contribution in [0.5, 0.6) is 0 Å². The molecule has 2 saturated heterocycles. The van der Waals surface area contributed by atoms with Crippen LogP contribution in [0.25, 0.3) is 0 Å². The number of rotatable bonds is 4. The highest BCUT2D eigenvalue weighted by molar-refractivity contribution is 5.89. The Labute approximate surface area is 154 Å². The molecule has 3 heterocycles. The summed E-state index contributed by atoms with van der Waals surface area (Å²) in [7, 11) is 0. The number of amides is 2. The minimum absolute atomic E-state index is 0.0186. The Hall–Kier alpha value is -2.34. The maximum Gasteiger partial charge on any atom is 0.321 e. The number of anilines is 1. The van der Waals surface area contributed by atoms with Crippen LogP contribution in [-0.2, 0) is 6.54 Å². The van der Waals surface area contributed by atoms with Gasteiger partial charge in [0.15, 0.2) is 0 Å². The predicted octanol–water partition coefficient (Wildman–Crippen LogP) is 3.02. The Bertz CT molecular complexity index is 724. The zero-order chi connectivity index (χ0) is 17.8. The Morgan fingerprint density at radius 1 is 1.15 bits per heavy atom. The van der Waals surface area contributed by atoms with E-state index in [1.807, 2.05) is 40.0 Å². The molecule has 0 aliphatic carbocycles. The third-order valence-corrected chi connectivity index (χ3v) is 5.42. The molecule has 1 N–H and O–H groups in total. The molecule has 2 fully saturated rings. The number of hydrogen-bond acceptors (Lipinski definition) is 3. The zero-order valence-electron chi connectivity index (χ0n) is 15.2. The quantitative estimate of drug-likeness (QED) is 0.919. The van der Waals surface area contributed by atoms with E-state index < -0.39 is 0 Å². The molecule has 0 saturated carbocycles. The van der Waals surface area contributed by atoms with Crippen molar-refractivity contribution in [1.29, 1.82) is 0 Å². The normalized spacial score (nSPS) is 21.1. The summed E-state index contributed by atoms with van der Waals surface area (Å²) in [5.41, 5.74) is 1.98. The van der Waals surface area contributed by atoms with E-state index in [4.69, 9.17) is 0 Å². The van der Waals surface area contributed by atoms with Crippen LogP contribution in [0.1, 0.15) is 31.2 Å². The van der Waals surface area contributed by atoms with Gasteiger partial charge in [0.05, 0.1) is 6.54 Å². The molecule has 2 aliphatic heterocycles. The maximum atomic E-state index is 12.7. The molecular weight excluding hydrogens is 326 g/mol. The molecule has 1 atom stereocenters. The average molecular weight is 353 g/mol. The first-order chi connectivity index (χ1) is 12.8. The predicted molar refractivity (Wildman–Crippen MR) is 102 cm³/mol. The van der Waals surface area contributed by atoms with Crippen LogP contribution >= 0.6 is 0 Å². The van der Waals surface area contributed by atoms with E-state index in [9.17, 15) is 4.79 Å². The van der Waals surface area contributed by atoms with Gasteiger partial charge in [-0.15, -0.1) is 0 Å². The van der Waals surface area contributed by atoms with E-state index in [0.29, 0.717) is 12.6 Å². The molecule has 0 spiro atoms. The van der Waals surface area contributed by atoms with Crippen molar-refractivity contribution in [3.05, 3.63) is 48.3 Å². The van der Waals surface area contributed by atoms with Gasteiger partial charge in [-0.3, -0.25) is 9.58 Å². The Morgan fingerprint density at radius 2 is 2.04 bits per heavy atom. The first-order valence-electron chi connectivity index (χ1n) is 9.64. The van der Waals surface area contributed by atoms with Gasteiger partial charge in [-0.25, -0.2) is 4.79 Å². The monoisotopic (exact) mass is 353 g/mol. The van der Waals surface area contributed by atoms with Crippen LogP contribution in [0.3, 0.4) is 0 Å². The smallest absolute Gasteiger partial charge is 0.321 e. The minimum Gasteiger partial charge on any atom is -0.323 e. The number of carbonyl (C=O) groups excluding carboxylic acids is 1. The van der Waals surface area contributed by atoms with E-state index in [1.165, 1.54) is 32.4 Å². The molecule has 1 aromatic heterocycles. The topological polar surface area (TPSA) is 53.4 Å². The number of urea groups is 1. The largest absolute Gasteiger partial charge is 0.323 e. The molecule has 2 amide bonds. The molecule has 0 radical (unpaired) electrons. The molecule has 1 aromatic carbocycles. The summed E-state index contributed by atoms with van der Waals surface area (Å²) in [5.74, 6) is 0. The molecule has 1 unspecified atom stereocenters. The van der Waals surface area contributed by atoms with Crippen LogP contribution in [0.4, 0.5) is 10.5 Å². The lowest BCUT2D eigenvalue weighted by atomic mass is 10.0. The van der Waals surface area contributed by atoms with E-state index in [0.717, 1.165) is 30.8 Å². The van der Waals surface area contributed by atoms with Crippen molar-refractivity contribution in [3.63, 3.8) is 0 Å². The first-order valence-corrected chi connectivity index (χ1v) is 9.64. The molecule has 0 bridgehead atoms. The van der Waals surface area contributed by atoms with Gasteiger partial charge in [-0.2, -0.15) is 5.10 Å². The van der Waals surface area contributed by atoms with Gasteiger partial charge in [-0.1, -0.05) is 12.1 Å². The summed E-state index contributed by atoms with van der Waals surface area (Å²) in [6.07, 6.45) is 8.62. The number of aromatic nitrogens is 2. The maximum absolute atomic E-state index is 12.7. The van der Waals surface area contributed by atoms with Crippen molar-refractivity contribution in [2.24, 2.45) is 0 Å². The van der Waals surface area contributed by atoms with E-state index in [-0.39, 0.29) is 6.03 Å². The lowest BCUT2D eigenvalue weighted by Gasteiger charge is -2.37. The molecule has 2 aliphatic rings. The summed E-state index contributed by atoms with van der Waals surface area (Å²) in [6, 6.07) is 10.5. The minimum atomic E-state index is 0.0186. The second-order valence-electron chi connectivity index (χ2n) is 7.32. The number of nitrogens with zero attached hydrogens (tertiary/aromatic N) is 4. The van der Waals surface area contributed by atoms with Gasteiger partial charge in [0.25, 0.3) is 0 Å². The van der Waals surface area contributed by atoms with E-state index in [1.54, 1.807) is 6.20 Å². The summed E-state index contributed by atoms with van der Waals surface area (Å²) < 4.78 is 1.88. The molecule has 138 valence electrons. The molecule has 4 rings (SSSR count). The van der Waals surface area contributed by atoms with Crippen molar-refractivity contribution in [3.8, 4) is 0 Å². The Balaban J connectivity index is 1.36. The fourth-order valence-electron chi connectivity index (χ4n) is 4.07. The van der Waals surface area contributed by atoms with Gasteiger partial charge < -0.3 is 10.2 Å². The number of likely N-dealkylation sites (tertiary alicyclic amines) is 2. The van der Waals surface area contributed by atoms with Crippen LogP contribution in [0.15, 0.2) is 42.7 Å². The van der Waals surface area contributed by atoms with Crippen molar-refractivity contribution in [2.45, 2.75) is 38.3 Å². The number of nitrogens with one attached hydrogen (secondary N) is 1. The standard InChI is InChI=1S/C20H27N5O/c26-20(24-12-4-8-19(16-24)23-10-1-2-11-23)22-18-7-3-6-17(14-18)15-25-13-5-9-21-25/h3,5-7,9,13-14,19H,1-2,4,8,10-12,15-16H2,(H,22,26). The first kappa shape index (κ1) is 17.1. The van der Waals surface area contributed by atoms with Crippen molar-refractivity contribution < 1.29 is 4.79 Å². The van der Waals surface area contributed by atoms with Crippen LogP contribution in [0, 0.1) is 0 Å². The summed E-state index contributed by atoms with van der Waals surface area (Å²) in [4.78, 5) is 17.3. The highest BCUT2D eigenvalue weighted by Gasteiger charge is 2.29. The molecular formula is C20H27N5O. The molecule has 26 heavy (non-hydrogen) atoms. The highest BCUT2D eigenvalue weighted by Crippen LogP contribution is 2.21. The Kier molecular flexibility index (Phi) is 5.20. The zero-order valence-corrected chi connectivity index (χ0v) is 15.2. The third kappa shape index (κ3) is 4.07. The lowest BCUT2D eigenvalue weighted by Crippen LogP contribution is -2.50. The molecule has 2 aromatic rings. The number of hydrogen-bond donors (Lipinski definition) is 1. The second kappa shape index (κ2) is 7.91. The highest BCUT2D eigenvalue weighted by atomic mass is 16.2. The van der Waals surface area contributed by atoms with Gasteiger partial charge in [0.1, 0.15) is 0 Å². The summed E-state index contributed by atoms with van der Waals surface area (Å²) >= 11 is 0. The van der Waals surface area contributed by atoms with Crippen LogP contribution in [0.2, 0.25) is 0 Å². The third-order valence-electron chi connectivity index (χ3n) is 5.42. The fraction of sp³-hybridized carbons (Fsp3) is 0.500. The summed E-state index contributed by atoms with van der Waals surface area (Å²) in [6.45, 7) is 4.78. The SMILES string of the molecule is O=C(Nc1cccc(Cn2cccn2)c1)N1CCCC(N2CCCC2)C1. The second-order valence-corrected chi connectivity index (χ2v) is 7.32. The summed E-state index contributed by atoms with van der Waals surface area (Å²) in [5, 5.41) is 7.32. The van der Waals surface area contributed by atoms with E-state index >= 15 is 0 Å². The van der Waals surface area contributed by atoms with Gasteiger partial charge in [-0.05, 0) is 62.5 Å². The number of carbonyl (C=O) groups is 1. The average Bonchev–Trinajstić information content (AvgIpc) is 3.36. The van der Waals surface area contributed by atoms with Gasteiger partial charge in [0, 0.05) is 37.2 Å². The molecule has 6 heteroatoms. The number of benzene rings is 1. The van der Waals surface area contributed by atoms with Crippen molar-refractivity contribution in [1.82, 2.24) is 19.6 Å². The van der Waals surface area contributed by atoms with E-state index in [2.05, 4.69) is 21.4 Å². The van der Waals surface area contributed by atoms with Crippen molar-refractivity contribution in [2.75, 3.05) is 31.5 Å². The van der Waals surface area contributed by atoms with Crippen molar-refractivity contribution >= 4 is 11.7 Å². The molecule has 6 nitrogen and oxygen atoms in total. The Morgan fingerprint density at radius 3 is 2.85 bits per heavy atom. The fourth-order valence-corrected chi connectivity index (χ4v) is 4.07. The van der Waals surface area contributed by atoms with Gasteiger partial charge in [0.2, 0.25) is 0 Å². The number of piperidine rings is 1.